The van der Waals surface area contributed by atoms with E-state index < -0.39 is 41.4 Å². The quantitative estimate of drug-likeness (QED) is 0.321. The van der Waals surface area contributed by atoms with E-state index in [4.69, 9.17) is 21.6 Å². The fourth-order valence-electron chi connectivity index (χ4n) is 8.40. The van der Waals surface area contributed by atoms with Crippen LogP contribution in [0.4, 0.5) is 15.9 Å². The van der Waals surface area contributed by atoms with Crippen molar-refractivity contribution in [2.24, 2.45) is 10.9 Å². The molecule has 17 heteroatoms. The highest BCUT2D eigenvalue weighted by Gasteiger charge is 2.45. The number of hydrogen-bond donors (Lipinski definition) is 1. The summed E-state index contributed by atoms with van der Waals surface area (Å²) in [6, 6.07) is 8.45. The van der Waals surface area contributed by atoms with Crippen LogP contribution in [-0.2, 0) is 9.59 Å². The number of rotatable bonds is 8. The van der Waals surface area contributed by atoms with Crippen molar-refractivity contribution in [3.63, 3.8) is 0 Å². The van der Waals surface area contributed by atoms with E-state index in [1.165, 1.54) is 12.3 Å². The molecular formula is C41H41ClFN9O6. The Hall–Kier alpha value is -5.79. The molecule has 1 atom stereocenters. The van der Waals surface area contributed by atoms with E-state index in [2.05, 4.69) is 30.1 Å². The number of ether oxygens (including phenoxy) is 1. The van der Waals surface area contributed by atoms with Crippen LogP contribution >= 0.6 is 11.6 Å². The number of imide groups is 2. The number of carbonyl (C=O) groups is 5. The van der Waals surface area contributed by atoms with Gasteiger partial charge in [0, 0.05) is 64.0 Å². The Balaban J connectivity index is 0.777. The number of nitriles is 1. The Kier molecular flexibility index (Phi) is 11.2. The summed E-state index contributed by atoms with van der Waals surface area (Å²) >= 11 is 6.13. The summed E-state index contributed by atoms with van der Waals surface area (Å²) in [5, 5.41) is 11.6. The number of amides is 5. The minimum atomic E-state index is -1.11. The first-order valence-electron chi connectivity index (χ1n) is 19.6. The first kappa shape index (κ1) is 39.1. The molecule has 1 aliphatic carbocycles. The van der Waals surface area contributed by atoms with Crippen molar-refractivity contribution in [3.8, 4) is 11.8 Å². The summed E-state index contributed by atoms with van der Waals surface area (Å²) in [6.07, 6.45) is 7.72. The molecule has 0 radical (unpaired) electrons. The van der Waals surface area contributed by atoms with E-state index in [0.717, 1.165) is 49.2 Å². The number of hydrogen-bond acceptors (Lipinski definition) is 12. The fourth-order valence-corrected chi connectivity index (χ4v) is 8.62. The average molecular weight is 810 g/mol. The van der Waals surface area contributed by atoms with Crippen molar-refractivity contribution in [1.82, 2.24) is 25.1 Å². The number of nitrogens with zero attached hydrogens (tertiary/aromatic N) is 8. The maximum absolute atomic E-state index is 15.4. The maximum Gasteiger partial charge on any atom is 0.297 e. The van der Waals surface area contributed by atoms with Gasteiger partial charge in [0.1, 0.15) is 35.2 Å². The fraction of sp³-hybridized carbons (Fsp3) is 0.439. The number of benzene rings is 2. The van der Waals surface area contributed by atoms with Crippen LogP contribution in [-0.4, -0.2) is 113 Å². The summed E-state index contributed by atoms with van der Waals surface area (Å²) in [4.78, 5) is 83.9. The van der Waals surface area contributed by atoms with Gasteiger partial charge in [-0.15, -0.1) is 0 Å². The number of aliphatic imine (C=N–C) groups is 1. The maximum atomic E-state index is 15.4. The van der Waals surface area contributed by atoms with Gasteiger partial charge in [-0.1, -0.05) is 11.6 Å². The minimum Gasteiger partial charge on any atom is -0.490 e. The first-order valence-corrected chi connectivity index (χ1v) is 20.0. The molecule has 3 saturated heterocycles. The second kappa shape index (κ2) is 16.6. The number of anilines is 2. The predicted molar refractivity (Wildman–Crippen MR) is 210 cm³/mol. The molecule has 8 rings (SSSR count). The molecule has 58 heavy (non-hydrogen) atoms. The second-order valence-electron chi connectivity index (χ2n) is 15.3. The van der Waals surface area contributed by atoms with Crippen molar-refractivity contribution in [2.75, 3.05) is 55.6 Å². The van der Waals surface area contributed by atoms with Gasteiger partial charge in [-0.2, -0.15) is 5.26 Å². The molecule has 1 saturated carbocycles. The Morgan fingerprint density at radius 1 is 0.897 bits per heavy atom. The summed E-state index contributed by atoms with van der Waals surface area (Å²) in [7, 11) is 0. The van der Waals surface area contributed by atoms with E-state index in [-0.39, 0.29) is 41.5 Å². The largest absolute Gasteiger partial charge is 0.490 e. The first-order chi connectivity index (χ1) is 28.0. The van der Waals surface area contributed by atoms with Crippen molar-refractivity contribution in [3.05, 3.63) is 75.9 Å². The molecule has 1 N–H and O–H groups in total. The molecule has 4 aliphatic heterocycles. The lowest BCUT2D eigenvalue weighted by atomic mass is 9.95. The molecule has 5 heterocycles. The molecule has 3 aromatic rings. The van der Waals surface area contributed by atoms with Gasteiger partial charge in [-0.05, 0) is 75.1 Å². The SMILES string of the molecule is N#Cc1ccc(OC2CCC(=NC(=O)c3cnc(N4CCC(CN5CCN(c6cc7c(cc6F)C(=O)N(C6CCC(=O)NC6=O)C7=O)CC5)CC4)cn3)CC2)cc1Cl. The summed E-state index contributed by atoms with van der Waals surface area (Å²) < 4.78 is 21.5. The molecule has 0 bridgehead atoms. The van der Waals surface area contributed by atoms with E-state index in [1.807, 2.05) is 11.0 Å². The number of halogens is 2. The zero-order chi connectivity index (χ0) is 40.5. The van der Waals surface area contributed by atoms with Gasteiger partial charge in [-0.25, -0.2) is 19.4 Å². The van der Waals surface area contributed by atoms with Crippen LogP contribution in [0.15, 0.2) is 47.7 Å². The van der Waals surface area contributed by atoms with E-state index in [9.17, 15) is 24.0 Å². The Morgan fingerprint density at radius 3 is 2.28 bits per heavy atom. The van der Waals surface area contributed by atoms with E-state index in [0.29, 0.717) is 79.9 Å². The summed E-state index contributed by atoms with van der Waals surface area (Å²) in [6.45, 7) is 5.01. The van der Waals surface area contributed by atoms with Gasteiger partial charge in [-0.3, -0.25) is 39.1 Å². The molecule has 1 unspecified atom stereocenters. The molecule has 2 aromatic carbocycles. The van der Waals surface area contributed by atoms with Crippen LogP contribution in [0.25, 0.3) is 0 Å². The van der Waals surface area contributed by atoms with Gasteiger partial charge in [0.25, 0.3) is 17.7 Å². The highest BCUT2D eigenvalue weighted by molar-refractivity contribution is 6.31. The number of aromatic nitrogens is 2. The van der Waals surface area contributed by atoms with Crippen LogP contribution in [0.5, 0.6) is 5.75 Å². The lowest BCUT2D eigenvalue weighted by molar-refractivity contribution is -0.136. The van der Waals surface area contributed by atoms with Crippen LogP contribution < -0.4 is 19.9 Å². The minimum absolute atomic E-state index is 0.0113. The molecule has 5 amide bonds. The third-order valence-electron chi connectivity index (χ3n) is 11.7. The van der Waals surface area contributed by atoms with E-state index in [1.54, 1.807) is 24.4 Å². The van der Waals surface area contributed by atoms with Crippen LogP contribution in [0.3, 0.4) is 0 Å². The topological polar surface area (TPSA) is 182 Å². The summed E-state index contributed by atoms with van der Waals surface area (Å²) in [5.74, 6) is -1.77. The Labute approximate surface area is 338 Å². The number of nitrogens with one attached hydrogen (secondary N) is 1. The van der Waals surface area contributed by atoms with Crippen molar-refractivity contribution >= 4 is 58.4 Å². The average Bonchev–Trinajstić information content (AvgIpc) is 3.46. The van der Waals surface area contributed by atoms with Crippen LogP contribution in [0, 0.1) is 23.1 Å². The third-order valence-corrected chi connectivity index (χ3v) is 12.0. The standard InChI is InChI=1S/C41H41ClFN9O6/c42-31-17-28(4-1-25(31)20-44)58-27-5-2-26(3-6-27)47-38(54)33-21-46-36(22-45-33)51-11-9-24(10-12-51)23-49-13-15-50(16-14-49)35-19-30-29(18-32(35)43)40(56)52(41(30)57)34-7-8-37(53)48-39(34)55/h1,4,17-19,21-22,24,27,34H,2-3,5-16,23H2,(H,48,53,55). The highest BCUT2D eigenvalue weighted by Crippen LogP contribution is 2.34. The molecule has 0 spiro atoms. The van der Waals surface area contributed by atoms with Crippen molar-refractivity contribution < 1.29 is 33.1 Å². The van der Waals surface area contributed by atoms with E-state index >= 15 is 4.39 Å². The zero-order valence-electron chi connectivity index (χ0n) is 31.7. The number of fused-ring (bicyclic) bond motifs is 1. The lowest BCUT2D eigenvalue weighted by Gasteiger charge is -2.40. The van der Waals surface area contributed by atoms with Gasteiger partial charge in [0.15, 0.2) is 0 Å². The predicted octanol–water partition coefficient (Wildman–Crippen LogP) is 4.18. The smallest absolute Gasteiger partial charge is 0.297 e. The normalized spacial score (nSPS) is 21.8. The molecule has 4 fully saturated rings. The Morgan fingerprint density at radius 2 is 1.62 bits per heavy atom. The number of piperidine rings is 2. The molecule has 15 nitrogen and oxygen atoms in total. The monoisotopic (exact) mass is 809 g/mol. The zero-order valence-corrected chi connectivity index (χ0v) is 32.4. The lowest BCUT2D eigenvalue weighted by Crippen LogP contribution is -2.54. The van der Waals surface area contributed by atoms with Gasteiger partial charge < -0.3 is 14.5 Å². The number of carbonyl (C=O) groups excluding carboxylic acids is 5. The van der Waals surface area contributed by atoms with Crippen molar-refractivity contribution in [1.29, 1.82) is 5.26 Å². The molecular weight excluding hydrogens is 769 g/mol. The molecule has 5 aliphatic rings. The third kappa shape index (κ3) is 8.14. The van der Waals surface area contributed by atoms with Crippen LogP contribution in [0.1, 0.15) is 88.1 Å². The van der Waals surface area contributed by atoms with Gasteiger partial charge in [0.2, 0.25) is 11.8 Å². The van der Waals surface area contributed by atoms with Gasteiger partial charge in [0.05, 0.1) is 45.9 Å². The van der Waals surface area contributed by atoms with Crippen LogP contribution in [0.2, 0.25) is 5.02 Å². The number of piperazine rings is 1. The Bertz CT molecular complexity index is 2220. The van der Waals surface area contributed by atoms with Gasteiger partial charge >= 0.3 is 0 Å². The second-order valence-corrected chi connectivity index (χ2v) is 15.7. The highest BCUT2D eigenvalue weighted by atomic mass is 35.5. The van der Waals surface area contributed by atoms with Crippen molar-refractivity contribution in [2.45, 2.75) is 63.5 Å². The summed E-state index contributed by atoms with van der Waals surface area (Å²) in [5.41, 5.74) is 1.64. The molecule has 1 aromatic heterocycles. The molecule has 300 valence electrons.